The predicted octanol–water partition coefficient (Wildman–Crippen LogP) is 3.94. The van der Waals surface area contributed by atoms with Gasteiger partial charge in [-0.05, 0) is 43.3 Å². The lowest BCUT2D eigenvalue weighted by Gasteiger charge is -2.17. The number of benzene rings is 1. The second kappa shape index (κ2) is 9.62. The molecule has 1 N–H and O–H groups in total. The highest BCUT2D eigenvalue weighted by atomic mass is 16.5. The molecule has 0 saturated carbocycles. The van der Waals surface area contributed by atoms with Crippen molar-refractivity contribution in [3.8, 4) is 0 Å². The van der Waals surface area contributed by atoms with Crippen molar-refractivity contribution in [1.29, 1.82) is 0 Å². The van der Waals surface area contributed by atoms with Gasteiger partial charge >= 0.3 is 5.97 Å². The standard InChI is InChI=1S/C23H23N3O5/c1-4-13-25(14-5-2)20-12-11-18(31-20)15-19-21(30-6-3)24-26(22(19)27)17-9-7-16(8-10-17)23(28)29/h4-5,7-12,15H,1-2,6,13-14H2,3H3,(H,28,29). The van der Waals surface area contributed by atoms with Crippen LogP contribution < -0.4 is 9.91 Å². The van der Waals surface area contributed by atoms with Crippen LogP contribution in [0.25, 0.3) is 6.08 Å². The number of carboxylic acids is 1. The third kappa shape index (κ3) is 4.75. The molecule has 2 aromatic rings. The number of anilines is 2. The Morgan fingerprint density at radius 1 is 1.19 bits per heavy atom. The molecule has 0 unspecified atom stereocenters. The summed E-state index contributed by atoms with van der Waals surface area (Å²) < 4.78 is 11.4. The Kier molecular flexibility index (Phi) is 6.71. The van der Waals surface area contributed by atoms with E-state index in [1.807, 2.05) is 4.90 Å². The number of carboxylic acid groups (broad SMARTS) is 1. The van der Waals surface area contributed by atoms with E-state index in [0.717, 1.165) is 0 Å². The first-order valence-electron chi connectivity index (χ1n) is 9.66. The van der Waals surface area contributed by atoms with Gasteiger partial charge < -0.3 is 19.2 Å². The molecule has 0 aliphatic carbocycles. The van der Waals surface area contributed by atoms with Gasteiger partial charge in [0.05, 0.1) is 17.9 Å². The predicted molar refractivity (Wildman–Crippen MR) is 119 cm³/mol. The van der Waals surface area contributed by atoms with E-state index in [2.05, 4.69) is 18.3 Å². The van der Waals surface area contributed by atoms with E-state index >= 15 is 0 Å². The molecule has 3 rings (SSSR count). The second-order valence-corrected chi connectivity index (χ2v) is 6.52. The third-order valence-corrected chi connectivity index (χ3v) is 4.39. The number of amides is 1. The molecule has 0 radical (unpaired) electrons. The van der Waals surface area contributed by atoms with E-state index in [1.165, 1.54) is 29.3 Å². The van der Waals surface area contributed by atoms with E-state index in [0.29, 0.717) is 37.0 Å². The topological polar surface area (TPSA) is 95.6 Å². The van der Waals surface area contributed by atoms with Gasteiger partial charge in [0, 0.05) is 19.2 Å². The summed E-state index contributed by atoms with van der Waals surface area (Å²) in [5, 5.41) is 14.5. The van der Waals surface area contributed by atoms with Crippen molar-refractivity contribution in [2.75, 3.05) is 29.6 Å². The van der Waals surface area contributed by atoms with Crippen LogP contribution in [0.15, 0.2) is 76.8 Å². The fraction of sp³-hybridized carbons (Fsp3) is 0.174. The molecule has 0 spiro atoms. The smallest absolute Gasteiger partial charge is 0.335 e. The van der Waals surface area contributed by atoms with Crippen molar-refractivity contribution >= 4 is 35.4 Å². The molecule has 0 bridgehead atoms. The van der Waals surface area contributed by atoms with Gasteiger partial charge in [-0.15, -0.1) is 18.3 Å². The minimum Gasteiger partial charge on any atom is -0.478 e. The summed E-state index contributed by atoms with van der Waals surface area (Å²) in [6, 6.07) is 9.42. The molecule has 160 valence electrons. The molecule has 0 saturated heterocycles. The number of hydrazone groups is 1. The largest absolute Gasteiger partial charge is 0.478 e. The molecule has 0 fully saturated rings. The van der Waals surface area contributed by atoms with Crippen LogP contribution in [0.4, 0.5) is 11.6 Å². The van der Waals surface area contributed by atoms with Gasteiger partial charge in [-0.1, -0.05) is 12.2 Å². The fourth-order valence-corrected chi connectivity index (χ4v) is 2.98. The summed E-state index contributed by atoms with van der Waals surface area (Å²) in [7, 11) is 0. The maximum absolute atomic E-state index is 13.0. The lowest BCUT2D eigenvalue weighted by atomic mass is 10.2. The minimum absolute atomic E-state index is 0.117. The number of ether oxygens (including phenoxy) is 1. The number of carbonyl (C=O) groups is 2. The number of hydrogen-bond acceptors (Lipinski definition) is 6. The Balaban J connectivity index is 1.90. The quantitative estimate of drug-likeness (QED) is 0.487. The van der Waals surface area contributed by atoms with Crippen LogP contribution >= 0.6 is 0 Å². The van der Waals surface area contributed by atoms with Crippen LogP contribution in [0.1, 0.15) is 23.0 Å². The molecule has 2 heterocycles. The van der Waals surface area contributed by atoms with Crippen LogP contribution in [0, 0.1) is 0 Å². The van der Waals surface area contributed by atoms with E-state index in [-0.39, 0.29) is 17.0 Å². The van der Waals surface area contributed by atoms with Gasteiger partial charge in [-0.25, -0.2) is 4.79 Å². The lowest BCUT2D eigenvalue weighted by molar-refractivity contribution is -0.114. The van der Waals surface area contributed by atoms with Crippen molar-refractivity contribution in [3.63, 3.8) is 0 Å². The van der Waals surface area contributed by atoms with Crippen LogP contribution in [-0.2, 0) is 9.53 Å². The van der Waals surface area contributed by atoms with Crippen molar-refractivity contribution in [3.05, 3.63) is 78.6 Å². The zero-order chi connectivity index (χ0) is 22.4. The molecule has 8 heteroatoms. The molecule has 0 atom stereocenters. The molecular weight excluding hydrogens is 398 g/mol. The van der Waals surface area contributed by atoms with E-state index < -0.39 is 11.9 Å². The lowest BCUT2D eigenvalue weighted by Crippen LogP contribution is -2.22. The minimum atomic E-state index is -1.05. The first kappa shape index (κ1) is 21.6. The number of hydrogen-bond donors (Lipinski definition) is 1. The zero-order valence-electron chi connectivity index (χ0n) is 17.2. The van der Waals surface area contributed by atoms with Crippen LogP contribution in [0.5, 0.6) is 0 Å². The van der Waals surface area contributed by atoms with Gasteiger partial charge in [-0.3, -0.25) is 4.79 Å². The average Bonchev–Trinajstić information content (AvgIpc) is 3.34. The van der Waals surface area contributed by atoms with E-state index in [9.17, 15) is 9.59 Å². The van der Waals surface area contributed by atoms with Crippen LogP contribution in [0.2, 0.25) is 0 Å². The summed E-state index contributed by atoms with van der Waals surface area (Å²) in [5.41, 5.74) is 0.787. The van der Waals surface area contributed by atoms with Crippen LogP contribution in [-0.4, -0.2) is 42.6 Å². The molecule has 1 aromatic carbocycles. The average molecular weight is 421 g/mol. The van der Waals surface area contributed by atoms with Gasteiger partial charge in [0.15, 0.2) is 5.88 Å². The molecule has 1 aromatic heterocycles. The molecule has 31 heavy (non-hydrogen) atoms. The number of aromatic carboxylic acids is 1. The van der Waals surface area contributed by atoms with Gasteiger partial charge in [0.1, 0.15) is 11.3 Å². The highest BCUT2D eigenvalue weighted by molar-refractivity contribution is 6.30. The normalized spacial score (nSPS) is 14.5. The number of carbonyl (C=O) groups excluding carboxylic acids is 1. The second-order valence-electron chi connectivity index (χ2n) is 6.52. The first-order chi connectivity index (χ1) is 15.0. The summed E-state index contributed by atoms with van der Waals surface area (Å²) in [4.78, 5) is 26.0. The third-order valence-electron chi connectivity index (χ3n) is 4.39. The van der Waals surface area contributed by atoms with Crippen LogP contribution in [0.3, 0.4) is 0 Å². The first-order valence-corrected chi connectivity index (χ1v) is 9.66. The summed E-state index contributed by atoms with van der Waals surface area (Å²) in [5.74, 6) is -0.200. The van der Waals surface area contributed by atoms with Gasteiger partial charge in [0.25, 0.3) is 5.91 Å². The SMILES string of the molecule is C=CCN(CC=C)c1ccc(C=C2C(=O)N(c3ccc(C(=O)O)cc3)N=C2OCC)o1. The molecule has 1 aliphatic rings. The van der Waals surface area contributed by atoms with Gasteiger partial charge in [0.2, 0.25) is 5.90 Å². The molecular formula is C23H23N3O5. The Morgan fingerprint density at radius 3 is 2.45 bits per heavy atom. The molecule has 1 aliphatic heterocycles. The van der Waals surface area contributed by atoms with Crippen molar-refractivity contribution in [2.24, 2.45) is 5.10 Å². The van der Waals surface area contributed by atoms with Crippen molar-refractivity contribution in [2.45, 2.75) is 6.92 Å². The Hall–Kier alpha value is -4.07. The number of furan rings is 1. The van der Waals surface area contributed by atoms with Gasteiger partial charge in [-0.2, -0.15) is 5.01 Å². The number of rotatable bonds is 9. The Morgan fingerprint density at radius 2 is 1.87 bits per heavy atom. The molecule has 1 amide bonds. The van der Waals surface area contributed by atoms with E-state index in [1.54, 1.807) is 37.3 Å². The summed E-state index contributed by atoms with van der Waals surface area (Å²) in [6.07, 6.45) is 5.10. The molecule has 8 nitrogen and oxygen atoms in total. The van der Waals surface area contributed by atoms with E-state index in [4.69, 9.17) is 14.3 Å². The maximum atomic E-state index is 13.0. The highest BCUT2D eigenvalue weighted by Gasteiger charge is 2.33. The summed E-state index contributed by atoms with van der Waals surface area (Å²) in [6.45, 7) is 10.8. The van der Waals surface area contributed by atoms with Crippen molar-refractivity contribution < 1.29 is 23.8 Å². The zero-order valence-corrected chi connectivity index (χ0v) is 17.2. The number of nitrogens with zero attached hydrogens (tertiary/aromatic N) is 3. The highest BCUT2D eigenvalue weighted by Crippen LogP contribution is 2.27. The van der Waals surface area contributed by atoms with Crippen molar-refractivity contribution in [1.82, 2.24) is 0 Å². The monoisotopic (exact) mass is 421 g/mol. The fourth-order valence-electron chi connectivity index (χ4n) is 2.98. The maximum Gasteiger partial charge on any atom is 0.335 e. The Bertz CT molecular complexity index is 1040. The Labute approximate surface area is 180 Å². The summed E-state index contributed by atoms with van der Waals surface area (Å²) >= 11 is 0.